The molecular formula is C49H86N6O11. The Morgan fingerprint density at radius 3 is 2.12 bits per heavy atom. The zero-order valence-corrected chi connectivity index (χ0v) is 42.9. The number of likely N-dealkylation sites (tertiary alicyclic amines) is 1. The van der Waals surface area contributed by atoms with Gasteiger partial charge in [-0.1, -0.05) is 73.1 Å². The number of hydrogen-bond acceptors (Lipinski definition) is 12. The van der Waals surface area contributed by atoms with Crippen LogP contribution in [0.1, 0.15) is 114 Å². The van der Waals surface area contributed by atoms with E-state index in [0.717, 1.165) is 18.4 Å². The van der Waals surface area contributed by atoms with Crippen molar-refractivity contribution < 1.29 is 52.5 Å². The molecule has 9 atom stereocenters. The Morgan fingerprint density at radius 1 is 0.894 bits per heavy atom. The van der Waals surface area contributed by atoms with E-state index in [4.69, 9.17) is 23.7 Å². The summed E-state index contributed by atoms with van der Waals surface area (Å²) >= 11 is 0. The minimum absolute atomic E-state index is 0.0260. The normalized spacial score (nSPS) is 19.0. The smallest absolute Gasteiger partial charge is 0.407 e. The van der Waals surface area contributed by atoms with Crippen LogP contribution < -0.4 is 16.0 Å². The summed E-state index contributed by atoms with van der Waals surface area (Å²) < 4.78 is 28.1. The van der Waals surface area contributed by atoms with Crippen molar-refractivity contribution in [1.29, 1.82) is 0 Å². The first kappa shape index (κ1) is 58.1. The molecule has 1 saturated heterocycles. The summed E-state index contributed by atoms with van der Waals surface area (Å²) in [6.45, 7) is 20.6. The van der Waals surface area contributed by atoms with Gasteiger partial charge in [0.1, 0.15) is 17.7 Å². The van der Waals surface area contributed by atoms with Crippen molar-refractivity contribution in [2.45, 2.75) is 162 Å². The minimum atomic E-state index is -0.877. The van der Waals surface area contributed by atoms with Crippen LogP contribution in [-0.4, -0.2) is 167 Å². The van der Waals surface area contributed by atoms with Gasteiger partial charge in [0.15, 0.2) is 0 Å². The number of esters is 1. The van der Waals surface area contributed by atoms with Crippen molar-refractivity contribution in [2.24, 2.45) is 23.7 Å². The molecular weight excluding hydrogens is 849 g/mol. The van der Waals surface area contributed by atoms with Gasteiger partial charge >= 0.3 is 12.1 Å². The van der Waals surface area contributed by atoms with E-state index in [1.165, 1.54) is 14.2 Å². The van der Waals surface area contributed by atoms with Gasteiger partial charge in [0.05, 0.1) is 63.0 Å². The molecule has 2 aliphatic rings. The van der Waals surface area contributed by atoms with Gasteiger partial charge in [0, 0.05) is 47.3 Å². The molecule has 1 heterocycles. The van der Waals surface area contributed by atoms with Gasteiger partial charge in [0.2, 0.25) is 23.6 Å². The lowest BCUT2D eigenvalue weighted by Gasteiger charge is -2.41. The predicted molar refractivity (Wildman–Crippen MR) is 254 cm³/mol. The van der Waals surface area contributed by atoms with Crippen molar-refractivity contribution in [3.05, 3.63) is 23.8 Å². The van der Waals surface area contributed by atoms with Crippen LogP contribution in [0.25, 0.3) is 0 Å². The van der Waals surface area contributed by atoms with Crippen LogP contribution in [0.5, 0.6) is 0 Å². The van der Waals surface area contributed by atoms with Gasteiger partial charge < -0.3 is 49.4 Å². The SMILES string of the molecule is CCC(C)C(C(CC(=O)N1CCCC1C(OC)C(C)C(=O)NC(CC1=CCCC=C1)C(=O)OC)OC)N(C)C(=O)C(NC(=O)C(C(C)C)N(C)CCOCCNC(=O)OC(C)(C)C)C(C)C. The van der Waals surface area contributed by atoms with Crippen molar-refractivity contribution in [2.75, 3.05) is 68.3 Å². The minimum Gasteiger partial charge on any atom is -0.467 e. The first-order valence-electron chi connectivity index (χ1n) is 23.9. The van der Waals surface area contributed by atoms with E-state index < -0.39 is 66.0 Å². The summed E-state index contributed by atoms with van der Waals surface area (Å²) in [5, 5.41) is 8.62. The Bertz CT molecular complexity index is 1630. The Kier molecular flexibility index (Phi) is 24.9. The molecule has 2 rings (SSSR count). The summed E-state index contributed by atoms with van der Waals surface area (Å²) in [7, 11) is 7.92. The molecule has 5 amide bonds. The number of carbonyl (C=O) groups excluding carboxylic acids is 6. The summed E-state index contributed by atoms with van der Waals surface area (Å²) in [5.41, 5.74) is 0.353. The summed E-state index contributed by atoms with van der Waals surface area (Å²) in [5.74, 6) is -2.82. The summed E-state index contributed by atoms with van der Waals surface area (Å²) in [6.07, 6.45) is 8.28. The fourth-order valence-electron chi connectivity index (χ4n) is 8.97. The lowest BCUT2D eigenvalue weighted by molar-refractivity contribution is -0.149. The third kappa shape index (κ3) is 17.9. The van der Waals surface area contributed by atoms with Crippen molar-refractivity contribution in [1.82, 2.24) is 30.7 Å². The van der Waals surface area contributed by atoms with Gasteiger partial charge in [0.25, 0.3) is 0 Å². The van der Waals surface area contributed by atoms with E-state index in [2.05, 4.69) is 22.0 Å². The average Bonchev–Trinajstić information content (AvgIpc) is 3.75. The topological polar surface area (TPSA) is 194 Å². The molecule has 9 unspecified atom stereocenters. The van der Waals surface area contributed by atoms with Crippen LogP contribution in [0.4, 0.5) is 4.79 Å². The molecule has 1 aliphatic carbocycles. The number of nitrogens with one attached hydrogen (secondary N) is 3. The van der Waals surface area contributed by atoms with Crippen molar-refractivity contribution >= 4 is 35.7 Å². The average molecular weight is 935 g/mol. The number of nitrogens with zero attached hydrogens (tertiary/aromatic N) is 3. The summed E-state index contributed by atoms with van der Waals surface area (Å²) in [4.78, 5) is 86.8. The highest BCUT2D eigenvalue weighted by Crippen LogP contribution is 2.30. The van der Waals surface area contributed by atoms with Crippen molar-refractivity contribution in [3.63, 3.8) is 0 Å². The number of likely N-dealkylation sites (N-methyl/N-ethyl adjacent to an activating group) is 2. The van der Waals surface area contributed by atoms with Crippen LogP contribution in [0.2, 0.25) is 0 Å². The predicted octanol–water partition coefficient (Wildman–Crippen LogP) is 4.87. The number of carbonyl (C=O) groups is 6. The van der Waals surface area contributed by atoms with Crippen molar-refractivity contribution in [3.8, 4) is 0 Å². The maximum Gasteiger partial charge on any atom is 0.407 e. The molecule has 378 valence electrons. The molecule has 0 bridgehead atoms. The van der Waals surface area contributed by atoms with Gasteiger partial charge in [-0.2, -0.15) is 0 Å². The molecule has 66 heavy (non-hydrogen) atoms. The Labute approximate surface area is 395 Å². The molecule has 0 spiro atoms. The highest BCUT2D eigenvalue weighted by Gasteiger charge is 2.43. The zero-order chi connectivity index (χ0) is 49.9. The van der Waals surface area contributed by atoms with E-state index in [0.29, 0.717) is 45.4 Å². The van der Waals surface area contributed by atoms with Gasteiger partial charge in [-0.05, 0) is 76.8 Å². The highest BCUT2D eigenvalue weighted by atomic mass is 16.6. The molecule has 17 heteroatoms. The number of amides is 5. The van der Waals surface area contributed by atoms with Crippen LogP contribution >= 0.6 is 0 Å². The van der Waals surface area contributed by atoms with Crippen LogP contribution in [0.3, 0.4) is 0 Å². The molecule has 0 aromatic carbocycles. The number of methoxy groups -OCH3 is 3. The van der Waals surface area contributed by atoms with E-state index in [1.807, 2.05) is 65.6 Å². The van der Waals surface area contributed by atoms with Gasteiger partial charge in [-0.15, -0.1) is 0 Å². The maximum absolute atomic E-state index is 14.6. The molecule has 1 fully saturated rings. The monoisotopic (exact) mass is 935 g/mol. The number of hydrogen-bond donors (Lipinski definition) is 3. The van der Waals surface area contributed by atoms with Crippen LogP contribution in [0.15, 0.2) is 23.8 Å². The Balaban J connectivity index is 2.19. The number of alkyl carbamates (subject to hydrolysis) is 1. The molecule has 0 saturated carbocycles. The number of rotatable bonds is 27. The van der Waals surface area contributed by atoms with Gasteiger partial charge in [-0.3, -0.25) is 24.1 Å². The third-order valence-corrected chi connectivity index (χ3v) is 12.7. The first-order chi connectivity index (χ1) is 31.0. The van der Waals surface area contributed by atoms with E-state index in [1.54, 1.807) is 51.7 Å². The Hall–Kier alpha value is -4.06. The molecule has 0 radical (unpaired) electrons. The largest absolute Gasteiger partial charge is 0.467 e. The maximum atomic E-state index is 14.6. The highest BCUT2D eigenvalue weighted by molar-refractivity contribution is 5.90. The van der Waals surface area contributed by atoms with E-state index in [9.17, 15) is 28.8 Å². The molecule has 0 aromatic rings. The molecule has 0 aromatic heterocycles. The quantitative estimate of drug-likeness (QED) is 0.0749. The number of allylic oxidation sites excluding steroid dienone is 3. The lowest BCUT2D eigenvalue weighted by Crippen LogP contribution is -2.60. The molecule has 17 nitrogen and oxygen atoms in total. The van der Waals surface area contributed by atoms with Crippen LogP contribution in [-0.2, 0) is 47.7 Å². The standard InChI is InChI=1S/C49H86N6O11/c1-16-33(6)42(54(12)46(59)40(31(2)3)52-45(58)41(32(4)5)53(11)26-28-65-27-24-50-48(61)66-49(8,9)10)38(62-13)30-39(56)55-25-20-23-37(55)43(63-14)34(7)44(57)51-36(47(60)64-15)29-35-21-18-17-19-22-35/h18,21-22,31-34,36-38,40-43H,16-17,19-20,23-30H2,1-15H3,(H,50,61)(H,51,57)(H,52,58). The fraction of sp³-hybridized carbons (Fsp3) is 0.796. The van der Waals surface area contributed by atoms with Gasteiger partial charge in [-0.25, -0.2) is 9.59 Å². The van der Waals surface area contributed by atoms with Crippen LogP contribution in [0, 0.1) is 23.7 Å². The second-order valence-electron chi connectivity index (χ2n) is 19.6. The fourth-order valence-corrected chi connectivity index (χ4v) is 8.97. The summed E-state index contributed by atoms with van der Waals surface area (Å²) in [6, 6.07) is -3.24. The number of ether oxygens (including phenoxy) is 5. The lowest BCUT2D eigenvalue weighted by atomic mass is 9.89. The molecule has 1 aliphatic heterocycles. The Morgan fingerprint density at radius 2 is 1.58 bits per heavy atom. The zero-order valence-electron chi connectivity index (χ0n) is 42.9. The molecule has 3 N–H and O–H groups in total. The second kappa shape index (κ2) is 28.3. The van der Waals surface area contributed by atoms with E-state index in [-0.39, 0.29) is 61.0 Å². The van der Waals surface area contributed by atoms with E-state index >= 15 is 0 Å². The second-order valence-corrected chi connectivity index (χ2v) is 19.6. The first-order valence-corrected chi connectivity index (χ1v) is 23.9. The third-order valence-electron chi connectivity index (χ3n) is 12.7.